The minimum Gasteiger partial charge on any atom is -0.484 e. The average molecular weight is 302 g/mol. The molecule has 0 N–H and O–H groups in total. The van der Waals surface area contributed by atoms with Gasteiger partial charge in [0.2, 0.25) is 0 Å². The van der Waals surface area contributed by atoms with Crippen LogP contribution >= 0.6 is 11.6 Å². The second-order valence-electron chi connectivity index (χ2n) is 4.43. The minimum atomic E-state index is -0.501. The van der Waals surface area contributed by atoms with Crippen molar-refractivity contribution in [2.75, 3.05) is 26.4 Å². The summed E-state index contributed by atoms with van der Waals surface area (Å²) in [4.78, 5) is 10.3. The molecule has 0 radical (unpaired) electrons. The van der Waals surface area contributed by atoms with E-state index in [1.165, 1.54) is 18.2 Å². The van der Waals surface area contributed by atoms with Crippen molar-refractivity contribution >= 4 is 17.3 Å². The summed E-state index contributed by atoms with van der Waals surface area (Å²) >= 11 is 5.80. The van der Waals surface area contributed by atoms with E-state index in [1.54, 1.807) is 0 Å². The van der Waals surface area contributed by atoms with Crippen LogP contribution < -0.4 is 4.74 Å². The van der Waals surface area contributed by atoms with Crippen molar-refractivity contribution in [1.29, 1.82) is 0 Å². The molecule has 0 amide bonds. The first-order valence-corrected chi connectivity index (χ1v) is 6.80. The molecule has 2 rings (SSSR count). The molecule has 0 spiro atoms. The molecule has 1 aliphatic rings. The SMILES string of the molecule is O=[N+]([O-])c1ccc(Cl)cc1OCCOCC1CCCO1. The fraction of sp³-hybridized carbons (Fsp3) is 0.538. The third kappa shape index (κ3) is 4.33. The molecule has 0 aliphatic carbocycles. The predicted molar refractivity (Wildman–Crippen MR) is 73.4 cm³/mol. The van der Waals surface area contributed by atoms with Gasteiger partial charge in [-0.15, -0.1) is 0 Å². The molecular weight excluding hydrogens is 286 g/mol. The van der Waals surface area contributed by atoms with Gasteiger partial charge in [-0.25, -0.2) is 0 Å². The summed E-state index contributed by atoms with van der Waals surface area (Å²) in [5.41, 5.74) is -0.103. The number of halogens is 1. The topological polar surface area (TPSA) is 70.8 Å². The monoisotopic (exact) mass is 301 g/mol. The van der Waals surface area contributed by atoms with Crippen LogP contribution in [0.4, 0.5) is 5.69 Å². The van der Waals surface area contributed by atoms with Gasteiger partial charge in [0, 0.05) is 23.8 Å². The van der Waals surface area contributed by atoms with Crippen LogP contribution in [0.5, 0.6) is 5.75 Å². The lowest BCUT2D eigenvalue weighted by Gasteiger charge is -2.11. The minimum absolute atomic E-state index is 0.103. The van der Waals surface area contributed by atoms with Crippen molar-refractivity contribution in [3.05, 3.63) is 33.3 Å². The third-order valence-electron chi connectivity index (χ3n) is 2.93. The fourth-order valence-corrected chi connectivity index (χ4v) is 2.12. The van der Waals surface area contributed by atoms with Crippen molar-refractivity contribution in [3.8, 4) is 5.75 Å². The molecule has 1 aromatic carbocycles. The van der Waals surface area contributed by atoms with E-state index in [4.69, 9.17) is 25.8 Å². The molecule has 1 atom stereocenters. The number of rotatable bonds is 7. The lowest BCUT2D eigenvalue weighted by atomic mass is 10.2. The summed E-state index contributed by atoms with van der Waals surface area (Å²) in [5.74, 6) is 0.156. The molecule has 0 aromatic heterocycles. The molecular formula is C13H16ClNO5. The van der Waals surface area contributed by atoms with Crippen LogP contribution in [0.3, 0.4) is 0 Å². The maximum Gasteiger partial charge on any atom is 0.311 e. The van der Waals surface area contributed by atoms with Gasteiger partial charge in [-0.1, -0.05) is 11.6 Å². The van der Waals surface area contributed by atoms with Crippen LogP contribution in [-0.2, 0) is 9.47 Å². The summed E-state index contributed by atoms with van der Waals surface area (Å²) in [6, 6.07) is 4.21. The van der Waals surface area contributed by atoms with Gasteiger partial charge < -0.3 is 14.2 Å². The Kier molecular flexibility index (Phi) is 5.58. The van der Waals surface area contributed by atoms with E-state index in [9.17, 15) is 10.1 Å². The molecule has 1 saturated heterocycles. The Morgan fingerprint density at radius 3 is 3.00 bits per heavy atom. The van der Waals surface area contributed by atoms with E-state index in [1.807, 2.05) is 0 Å². The van der Waals surface area contributed by atoms with Crippen molar-refractivity contribution in [2.45, 2.75) is 18.9 Å². The second-order valence-corrected chi connectivity index (χ2v) is 4.86. The average Bonchev–Trinajstić information content (AvgIpc) is 2.91. The fourth-order valence-electron chi connectivity index (χ4n) is 1.96. The van der Waals surface area contributed by atoms with Gasteiger partial charge >= 0.3 is 5.69 Å². The van der Waals surface area contributed by atoms with Crippen LogP contribution in [-0.4, -0.2) is 37.5 Å². The number of nitro benzene ring substituents is 1. The summed E-state index contributed by atoms with van der Waals surface area (Å²) in [6.07, 6.45) is 2.25. The molecule has 20 heavy (non-hydrogen) atoms. The zero-order chi connectivity index (χ0) is 14.4. The Morgan fingerprint density at radius 1 is 1.45 bits per heavy atom. The normalized spacial score (nSPS) is 18.1. The third-order valence-corrected chi connectivity index (χ3v) is 3.17. The van der Waals surface area contributed by atoms with Crippen molar-refractivity contribution < 1.29 is 19.1 Å². The highest BCUT2D eigenvalue weighted by Crippen LogP contribution is 2.29. The molecule has 1 heterocycles. The zero-order valence-corrected chi connectivity index (χ0v) is 11.7. The number of benzene rings is 1. The molecule has 1 unspecified atom stereocenters. The molecule has 110 valence electrons. The van der Waals surface area contributed by atoms with Crippen LogP contribution in [0.15, 0.2) is 18.2 Å². The highest BCUT2D eigenvalue weighted by Gasteiger charge is 2.16. The van der Waals surface area contributed by atoms with Gasteiger partial charge in [0.25, 0.3) is 0 Å². The zero-order valence-electron chi connectivity index (χ0n) is 10.9. The molecule has 1 aromatic rings. The van der Waals surface area contributed by atoms with E-state index in [0.29, 0.717) is 18.2 Å². The van der Waals surface area contributed by atoms with E-state index in [-0.39, 0.29) is 24.1 Å². The van der Waals surface area contributed by atoms with Gasteiger partial charge in [0.15, 0.2) is 5.75 Å². The summed E-state index contributed by atoms with van der Waals surface area (Å²) in [5, 5.41) is 11.2. The molecule has 1 fully saturated rings. The standard InChI is InChI=1S/C13H16ClNO5/c14-10-3-4-12(15(16)17)13(8-10)20-7-6-18-9-11-2-1-5-19-11/h3-4,8,11H,1-2,5-7,9H2. The van der Waals surface area contributed by atoms with Gasteiger partial charge in [-0.3, -0.25) is 10.1 Å². The number of nitrogens with zero attached hydrogens (tertiary/aromatic N) is 1. The largest absolute Gasteiger partial charge is 0.484 e. The smallest absolute Gasteiger partial charge is 0.311 e. The van der Waals surface area contributed by atoms with Crippen LogP contribution in [0, 0.1) is 10.1 Å². The predicted octanol–water partition coefficient (Wildman–Crippen LogP) is 2.82. The van der Waals surface area contributed by atoms with E-state index in [0.717, 1.165) is 19.4 Å². The maximum absolute atomic E-state index is 10.8. The van der Waals surface area contributed by atoms with Gasteiger partial charge in [0.05, 0.1) is 24.2 Å². The Bertz CT molecular complexity index is 462. The highest BCUT2D eigenvalue weighted by molar-refractivity contribution is 6.30. The summed E-state index contributed by atoms with van der Waals surface area (Å²) in [7, 11) is 0. The van der Waals surface area contributed by atoms with E-state index < -0.39 is 4.92 Å². The van der Waals surface area contributed by atoms with E-state index >= 15 is 0 Å². The van der Waals surface area contributed by atoms with Gasteiger partial charge in [-0.2, -0.15) is 0 Å². The summed E-state index contributed by atoms with van der Waals surface area (Å²) < 4.78 is 16.2. The quantitative estimate of drug-likeness (QED) is 0.440. The second kappa shape index (κ2) is 7.42. The first-order valence-electron chi connectivity index (χ1n) is 6.43. The lowest BCUT2D eigenvalue weighted by Crippen LogP contribution is -2.17. The Balaban J connectivity index is 1.75. The van der Waals surface area contributed by atoms with E-state index in [2.05, 4.69) is 0 Å². The lowest BCUT2D eigenvalue weighted by molar-refractivity contribution is -0.385. The highest BCUT2D eigenvalue weighted by atomic mass is 35.5. The van der Waals surface area contributed by atoms with Crippen molar-refractivity contribution in [2.24, 2.45) is 0 Å². The first kappa shape index (κ1) is 15.0. The Morgan fingerprint density at radius 2 is 2.30 bits per heavy atom. The maximum atomic E-state index is 10.8. The Hall–Kier alpha value is -1.37. The van der Waals surface area contributed by atoms with Gasteiger partial charge in [0.1, 0.15) is 6.61 Å². The number of hydrogen-bond acceptors (Lipinski definition) is 5. The molecule has 6 nitrogen and oxygen atoms in total. The Labute approximate surface area is 121 Å². The first-order chi connectivity index (χ1) is 9.66. The molecule has 0 saturated carbocycles. The van der Waals surface area contributed by atoms with Crippen molar-refractivity contribution in [3.63, 3.8) is 0 Å². The number of hydrogen-bond donors (Lipinski definition) is 0. The molecule has 1 aliphatic heterocycles. The number of ether oxygens (including phenoxy) is 3. The number of nitro groups is 1. The van der Waals surface area contributed by atoms with Crippen LogP contribution in [0.25, 0.3) is 0 Å². The molecule has 7 heteroatoms. The van der Waals surface area contributed by atoms with Crippen molar-refractivity contribution in [1.82, 2.24) is 0 Å². The summed E-state index contributed by atoms with van der Waals surface area (Å²) in [6.45, 7) is 1.90. The van der Waals surface area contributed by atoms with Gasteiger partial charge in [-0.05, 0) is 18.9 Å². The van der Waals surface area contributed by atoms with Crippen LogP contribution in [0.1, 0.15) is 12.8 Å². The van der Waals surface area contributed by atoms with Crippen LogP contribution in [0.2, 0.25) is 5.02 Å². The molecule has 0 bridgehead atoms.